The van der Waals surface area contributed by atoms with E-state index in [0.29, 0.717) is 24.5 Å². The molecule has 23 heavy (non-hydrogen) atoms. The predicted molar refractivity (Wildman–Crippen MR) is 86.0 cm³/mol. The minimum absolute atomic E-state index is 0.0739. The molecular formula is C17H25FN2O3. The number of carbonyl (C=O) groups excluding carboxylic acids is 1. The molecule has 0 aromatic heterocycles. The van der Waals surface area contributed by atoms with Crippen molar-refractivity contribution in [3.8, 4) is 5.75 Å². The van der Waals surface area contributed by atoms with Gasteiger partial charge in [0.2, 0.25) is 0 Å². The van der Waals surface area contributed by atoms with Crippen LogP contribution >= 0.6 is 0 Å². The quantitative estimate of drug-likeness (QED) is 0.818. The normalized spacial score (nSPS) is 17.9. The fraction of sp³-hybridized carbons (Fsp3) is 0.588. The number of hydrogen-bond donors (Lipinski definition) is 1. The van der Waals surface area contributed by atoms with Crippen LogP contribution in [-0.2, 0) is 11.3 Å². The van der Waals surface area contributed by atoms with Crippen molar-refractivity contribution in [2.75, 3.05) is 26.2 Å². The number of unbranched alkanes of at least 4 members (excludes halogenated alkanes) is 1. The SMILES string of the molecule is CCCCOc1ccc(F)c(COC(=O)N2CCNC[C@H]2C)c1. The van der Waals surface area contributed by atoms with E-state index < -0.39 is 11.9 Å². The highest BCUT2D eigenvalue weighted by molar-refractivity contribution is 5.68. The van der Waals surface area contributed by atoms with E-state index in [1.807, 2.05) is 6.92 Å². The highest BCUT2D eigenvalue weighted by atomic mass is 19.1. The van der Waals surface area contributed by atoms with Gasteiger partial charge in [-0.05, 0) is 31.5 Å². The van der Waals surface area contributed by atoms with Gasteiger partial charge in [0.25, 0.3) is 0 Å². The van der Waals surface area contributed by atoms with Crippen molar-refractivity contribution in [1.29, 1.82) is 0 Å². The first-order chi connectivity index (χ1) is 11.1. The molecule has 1 aromatic rings. The Morgan fingerprint density at radius 1 is 1.48 bits per heavy atom. The minimum atomic E-state index is -0.407. The van der Waals surface area contributed by atoms with E-state index >= 15 is 0 Å². The third kappa shape index (κ3) is 5.10. The summed E-state index contributed by atoms with van der Waals surface area (Å²) >= 11 is 0. The molecule has 0 radical (unpaired) electrons. The molecule has 1 aliphatic rings. The van der Waals surface area contributed by atoms with Gasteiger partial charge in [-0.1, -0.05) is 13.3 Å². The van der Waals surface area contributed by atoms with E-state index in [1.54, 1.807) is 17.0 Å². The lowest BCUT2D eigenvalue weighted by Gasteiger charge is -2.33. The first kappa shape index (κ1) is 17.5. The molecule has 1 fully saturated rings. The maximum atomic E-state index is 13.9. The summed E-state index contributed by atoms with van der Waals surface area (Å²) in [5.41, 5.74) is 0.329. The smallest absolute Gasteiger partial charge is 0.410 e. The highest BCUT2D eigenvalue weighted by Gasteiger charge is 2.24. The molecular weight excluding hydrogens is 299 g/mol. The van der Waals surface area contributed by atoms with Crippen molar-refractivity contribution >= 4 is 6.09 Å². The lowest BCUT2D eigenvalue weighted by atomic mass is 10.2. The van der Waals surface area contributed by atoms with Crippen molar-refractivity contribution in [2.24, 2.45) is 0 Å². The molecule has 5 nitrogen and oxygen atoms in total. The number of ether oxygens (including phenoxy) is 2. The van der Waals surface area contributed by atoms with Crippen LogP contribution in [0.3, 0.4) is 0 Å². The Hall–Kier alpha value is -1.82. The maximum absolute atomic E-state index is 13.9. The Kier molecular flexibility index (Phi) is 6.65. The number of carbonyl (C=O) groups is 1. The van der Waals surface area contributed by atoms with Gasteiger partial charge in [-0.25, -0.2) is 9.18 Å². The number of halogens is 1. The van der Waals surface area contributed by atoms with Crippen LogP contribution in [0.15, 0.2) is 18.2 Å². The summed E-state index contributed by atoms with van der Waals surface area (Å²) in [6, 6.07) is 4.61. The van der Waals surface area contributed by atoms with Crippen LogP contribution in [0.1, 0.15) is 32.3 Å². The van der Waals surface area contributed by atoms with Gasteiger partial charge in [-0.2, -0.15) is 0 Å². The second-order valence-electron chi connectivity index (χ2n) is 5.76. The molecule has 0 aliphatic carbocycles. The Morgan fingerprint density at radius 2 is 2.30 bits per heavy atom. The Bertz CT molecular complexity index is 525. The van der Waals surface area contributed by atoms with Gasteiger partial charge >= 0.3 is 6.09 Å². The number of rotatable bonds is 6. The van der Waals surface area contributed by atoms with Gasteiger partial charge in [0.15, 0.2) is 0 Å². The molecule has 1 amide bonds. The molecule has 0 spiro atoms. The zero-order chi connectivity index (χ0) is 16.7. The standard InChI is InChI=1S/C17H25FN2O3/c1-3-4-9-22-15-5-6-16(18)14(10-15)12-23-17(21)20-8-7-19-11-13(20)2/h5-6,10,13,19H,3-4,7-9,11-12H2,1-2H3/t13-/m1/s1. The van der Waals surface area contributed by atoms with Gasteiger partial charge in [0.05, 0.1) is 6.61 Å². The summed E-state index contributed by atoms with van der Waals surface area (Å²) in [7, 11) is 0. The lowest BCUT2D eigenvalue weighted by Crippen LogP contribution is -2.52. The topological polar surface area (TPSA) is 50.8 Å². The molecule has 0 unspecified atom stereocenters. The Morgan fingerprint density at radius 3 is 3.04 bits per heavy atom. The number of piperazine rings is 1. The molecule has 1 heterocycles. The Labute approximate surface area is 136 Å². The third-order valence-corrected chi connectivity index (χ3v) is 3.87. The molecule has 1 aromatic carbocycles. The van der Waals surface area contributed by atoms with Gasteiger partial charge in [0, 0.05) is 31.2 Å². The van der Waals surface area contributed by atoms with E-state index in [-0.39, 0.29) is 12.6 Å². The van der Waals surface area contributed by atoms with Crippen LogP contribution in [0.4, 0.5) is 9.18 Å². The van der Waals surface area contributed by atoms with E-state index in [9.17, 15) is 9.18 Å². The minimum Gasteiger partial charge on any atom is -0.494 e. The molecule has 1 N–H and O–H groups in total. The molecule has 128 valence electrons. The van der Waals surface area contributed by atoms with Crippen molar-refractivity contribution in [1.82, 2.24) is 10.2 Å². The van der Waals surface area contributed by atoms with E-state index in [1.165, 1.54) is 6.07 Å². The highest BCUT2D eigenvalue weighted by Crippen LogP contribution is 2.19. The maximum Gasteiger partial charge on any atom is 0.410 e. The van der Waals surface area contributed by atoms with Gasteiger partial charge in [-0.15, -0.1) is 0 Å². The number of benzene rings is 1. The number of hydrogen-bond acceptors (Lipinski definition) is 4. The zero-order valence-electron chi connectivity index (χ0n) is 13.8. The van der Waals surface area contributed by atoms with Gasteiger partial charge in [0.1, 0.15) is 18.2 Å². The summed E-state index contributed by atoms with van der Waals surface area (Å²) < 4.78 is 24.7. The van der Waals surface area contributed by atoms with Crippen LogP contribution < -0.4 is 10.1 Å². The summed E-state index contributed by atoms with van der Waals surface area (Å²) in [4.78, 5) is 13.8. The summed E-state index contributed by atoms with van der Waals surface area (Å²) in [6.45, 7) is 6.62. The lowest BCUT2D eigenvalue weighted by molar-refractivity contribution is 0.0751. The first-order valence-electron chi connectivity index (χ1n) is 8.17. The first-order valence-corrected chi connectivity index (χ1v) is 8.17. The third-order valence-electron chi connectivity index (χ3n) is 3.87. The number of nitrogens with one attached hydrogen (secondary N) is 1. The van der Waals surface area contributed by atoms with Crippen molar-refractivity contribution in [3.05, 3.63) is 29.6 Å². The fourth-order valence-electron chi connectivity index (χ4n) is 2.42. The summed E-state index contributed by atoms with van der Waals surface area (Å²) in [6.07, 6.45) is 1.58. The summed E-state index contributed by atoms with van der Waals surface area (Å²) in [5.74, 6) is 0.204. The van der Waals surface area contributed by atoms with E-state index in [4.69, 9.17) is 9.47 Å². The molecule has 1 aliphatic heterocycles. The Balaban J connectivity index is 1.91. The van der Waals surface area contributed by atoms with Crippen LogP contribution in [0.5, 0.6) is 5.75 Å². The molecule has 0 saturated carbocycles. The molecule has 2 rings (SSSR count). The second-order valence-corrected chi connectivity index (χ2v) is 5.76. The van der Waals surface area contributed by atoms with E-state index in [2.05, 4.69) is 12.2 Å². The zero-order valence-corrected chi connectivity index (χ0v) is 13.8. The van der Waals surface area contributed by atoms with Crippen LogP contribution in [0, 0.1) is 5.82 Å². The molecule has 6 heteroatoms. The monoisotopic (exact) mass is 324 g/mol. The summed E-state index contributed by atoms with van der Waals surface area (Å²) in [5, 5.41) is 3.21. The molecule has 1 saturated heterocycles. The molecule has 1 atom stereocenters. The molecule has 0 bridgehead atoms. The average molecular weight is 324 g/mol. The largest absolute Gasteiger partial charge is 0.494 e. The van der Waals surface area contributed by atoms with E-state index in [0.717, 1.165) is 25.9 Å². The average Bonchev–Trinajstić information content (AvgIpc) is 2.55. The predicted octanol–water partition coefficient (Wildman–Crippen LogP) is 2.93. The van der Waals surface area contributed by atoms with Crippen LogP contribution in [-0.4, -0.2) is 43.3 Å². The fourth-order valence-corrected chi connectivity index (χ4v) is 2.42. The van der Waals surface area contributed by atoms with Crippen molar-refractivity contribution in [2.45, 2.75) is 39.3 Å². The van der Waals surface area contributed by atoms with Gasteiger partial charge < -0.3 is 19.7 Å². The second kappa shape index (κ2) is 8.72. The van der Waals surface area contributed by atoms with Crippen molar-refractivity contribution in [3.63, 3.8) is 0 Å². The number of nitrogens with zero attached hydrogens (tertiary/aromatic N) is 1. The van der Waals surface area contributed by atoms with Crippen LogP contribution in [0.2, 0.25) is 0 Å². The van der Waals surface area contributed by atoms with Crippen molar-refractivity contribution < 1.29 is 18.7 Å². The van der Waals surface area contributed by atoms with Crippen LogP contribution in [0.25, 0.3) is 0 Å². The number of amides is 1. The van der Waals surface area contributed by atoms with Gasteiger partial charge in [-0.3, -0.25) is 0 Å².